The number of nitrogens with one attached hydrogen (secondary N) is 1. The van der Waals surface area contributed by atoms with Gasteiger partial charge in [0.05, 0.1) is 13.2 Å². The Morgan fingerprint density at radius 3 is 2.86 bits per heavy atom. The van der Waals surface area contributed by atoms with Gasteiger partial charge in [0.1, 0.15) is 0 Å². The zero-order chi connectivity index (χ0) is 15.4. The summed E-state index contributed by atoms with van der Waals surface area (Å²) in [6.45, 7) is 3.97. The lowest BCUT2D eigenvalue weighted by atomic mass is 9.95. The van der Waals surface area contributed by atoms with Crippen LogP contribution in [0.1, 0.15) is 16.9 Å². The number of nitrogens with two attached hydrogens (primary N) is 1. The summed E-state index contributed by atoms with van der Waals surface area (Å²) < 4.78 is 5.44. The SMILES string of the molecule is Nc1nccnc1C(=O)NC[C@]1(N2CCOCC2)CCSC1. The van der Waals surface area contributed by atoms with E-state index in [1.165, 1.54) is 12.4 Å². The summed E-state index contributed by atoms with van der Waals surface area (Å²) in [5.74, 6) is 2.07. The largest absolute Gasteiger partial charge is 0.382 e. The zero-order valence-corrected chi connectivity index (χ0v) is 13.3. The Hall–Kier alpha value is -1.38. The van der Waals surface area contributed by atoms with Crippen LogP contribution in [0, 0.1) is 0 Å². The van der Waals surface area contributed by atoms with E-state index in [1.807, 2.05) is 11.8 Å². The minimum atomic E-state index is -0.255. The Morgan fingerprint density at radius 2 is 2.18 bits per heavy atom. The van der Waals surface area contributed by atoms with E-state index in [-0.39, 0.29) is 23.0 Å². The number of nitrogens with zero attached hydrogens (tertiary/aromatic N) is 3. The van der Waals surface area contributed by atoms with Crippen molar-refractivity contribution in [2.75, 3.05) is 50.1 Å². The van der Waals surface area contributed by atoms with Crippen molar-refractivity contribution in [2.45, 2.75) is 12.0 Å². The standard InChI is InChI=1S/C14H21N5O2S/c15-12-11(16-2-3-17-12)13(20)18-9-14(1-8-22-10-14)19-4-6-21-7-5-19/h2-3H,1,4-10H2,(H2,15,17)(H,18,20)/t14-/m1/s1. The van der Waals surface area contributed by atoms with Gasteiger partial charge in [0.2, 0.25) is 0 Å². The van der Waals surface area contributed by atoms with Crippen LogP contribution in [0.15, 0.2) is 12.4 Å². The highest BCUT2D eigenvalue weighted by molar-refractivity contribution is 7.99. The first kappa shape index (κ1) is 15.5. The molecule has 0 radical (unpaired) electrons. The number of thioether (sulfide) groups is 1. The van der Waals surface area contributed by atoms with Crippen LogP contribution in [0.2, 0.25) is 0 Å². The molecule has 2 aliphatic heterocycles. The molecule has 0 unspecified atom stereocenters. The molecule has 2 fully saturated rings. The summed E-state index contributed by atoms with van der Waals surface area (Å²) in [6.07, 6.45) is 4.04. The number of aromatic nitrogens is 2. The third kappa shape index (κ3) is 3.18. The fraction of sp³-hybridized carbons (Fsp3) is 0.643. The molecule has 0 aromatic carbocycles. The van der Waals surface area contributed by atoms with Crippen molar-refractivity contribution in [2.24, 2.45) is 0 Å². The monoisotopic (exact) mass is 323 g/mol. The summed E-state index contributed by atoms with van der Waals surface area (Å²) >= 11 is 1.94. The molecule has 8 heteroatoms. The molecule has 3 heterocycles. The molecule has 22 heavy (non-hydrogen) atoms. The van der Waals surface area contributed by atoms with Gasteiger partial charge in [-0.1, -0.05) is 0 Å². The Bertz CT molecular complexity index is 530. The first-order valence-corrected chi connectivity index (χ1v) is 8.62. The molecule has 2 saturated heterocycles. The quantitative estimate of drug-likeness (QED) is 0.805. The van der Waals surface area contributed by atoms with Crippen LogP contribution in [0.25, 0.3) is 0 Å². The van der Waals surface area contributed by atoms with E-state index in [0.717, 1.165) is 44.2 Å². The second-order valence-corrected chi connectivity index (χ2v) is 6.70. The smallest absolute Gasteiger partial charge is 0.273 e. The van der Waals surface area contributed by atoms with Crippen LogP contribution in [0.4, 0.5) is 5.82 Å². The van der Waals surface area contributed by atoms with Crippen LogP contribution < -0.4 is 11.1 Å². The Balaban J connectivity index is 1.67. The fourth-order valence-electron chi connectivity index (χ4n) is 2.99. The molecule has 120 valence electrons. The van der Waals surface area contributed by atoms with Gasteiger partial charge < -0.3 is 15.8 Å². The maximum atomic E-state index is 12.3. The Morgan fingerprint density at radius 1 is 1.41 bits per heavy atom. The number of hydrogen-bond acceptors (Lipinski definition) is 7. The third-order valence-electron chi connectivity index (χ3n) is 4.28. The number of carbonyl (C=O) groups is 1. The van der Waals surface area contributed by atoms with Crippen molar-refractivity contribution in [3.8, 4) is 0 Å². The average molecular weight is 323 g/mol. The molecule has 0 aliphatic carbocycles. The Labute approximate surface area is 134 Å². The average Bonchev–Trinajstić information content (AvgIpc) is 3.04. The normalized spacial score (nSPS) is 26.0. The highest BCUT2D eigenvalue weighted by atomic mass is 32.2. The van der Waals surface area contributed by atoms with E-state index >= 15 is 0 Å². The van der Waals surface area contributed by atoms with Crippen molar-refractivity contribution in [1.29, 1.82) is 0 Å². The number of rotatable bonds is 4. The fourth-order valence-corrected chi connectivity index (χ4v) is 4.46. The van der Waals surface area contributed by atoms with Crippen molar-refractivity contribution in [3.05, 3.63) is 18.1 Å². The maximum absolute atomic E-state index is 12.3. The van der Waals surface area contributed by atoms with Crippen molar-refractivity contribution in [1.82, 2.24) is 20.2 Å². The second kappa shape index (κ2) is 6.80. The molecular formula is C14H21N5O2S. The van der Waals surface area contributed by atoms with Crippen molar-refractivity contribution in [3.63, 3.8) is 0 Å². The molecule has 1 aromatic rings. The molecular weight excluding hydrogens is 302 g/mol. The van der Waals surface area contributed by atoms with E-state index in [2.05, 4.69) is 20.2 Å². The van der Waals surface area contributed by atoms with Crippen molar-refractivity contribution < 1.29 is 9.53 Å². The lowest BCUT2D eigenvalue weighted by Crippen LogP contribution is -2.59. The van der Waals surface area contributed by atoms with E-state index in [9.17, 15) is 4.79 Å². The van der Waals surface area contributed by atoms with Gasteiger partial charge in [0.25, 0.3) is 5.91 Å². The number of nitrogen functional groups attached to an aromatic ring is 1. The first-order valence-electron chi connectivity index (χ1n) is 7.46. The number of hydrogen-bond donors (Lipinski definition) is 2. The summed E-state index contributed by atoms with van der Waals surface area (Å²) in [7, 11) is 0. The predicted molar refractivity (Wildman–Crippen MR) is 85.8 cm³/mol. The molecule has 1 amide bonds. The van der Waals surface area contributed by atoms with Crippen LogP contribution >= 0.6 is 11.8 Å². The zero-order valence-electron chi connectivity index (χ0n) is 12.5. The van der Waals surface area contributed by atoms with Crippen molar-refractivity contribution >= 4 is 23.5 Å². The molecule has 0 saturated carbocycles. The van der Waals surface area contributed by atoms with Gasteiger partial charge >= 0.3 is 0 Å². The molecule has 3 rings (SSSR count). The highest BCUT2D eigenvalue weighted by Gasteiger charge is 2.41. The molecule has 0 bridgehead atoms. The molecule has 2 aliphatic rings. The van der Waals surface area contributed by atoms with Crippen LogP contribution in [-0.2, 0) is 4.74 Å². The Kier molecular flexibility index (Phi) is 4.80. The third-order valence-corrected chi connectivity index (χ3v) is 5.52. The van der Waals surface area contributed by atoms with E-state index in [0.29, 0.717) is 6.54 Å². The number of morpholine rings is 1. The van der Waals surface area contributed by atoms with Gasteiger partial charge in [-0.05, 0) is 12.2 Å². The molecule has 1 atom stereocenters. The number of ether oxygens (including phenoxy) is 1. The highest BCUT2D eigenvalue weighted by Crippen LogP contribution is 2.33. The minimum absolute atomic E-state index is 0.0150. The van der Waals surface area contributed by atoms with E-state index in [1.54, 1.807) is 0 Å². The van der Waals surface area contributed by atoms with Gasteiger partial charge in [-0.3, -0.25) is 9.69 Å². The topological polar surface area (TPSA) is 93.4 Å². The van der Waals surface area contributed by atoms with Gasteiger partial charge in [0, 0.05) is 43.3 Å². The number of amides is 1. The first-order chi connectivity index (χ1) is 10.7. The molecule has 7 nitrogen and oxygen atoms in total. The number of carbonyl (C=O) groups excluding carboxylic acids is 1. The van der Waals surface area contributed by atoms with Gasteiger partial charge in [-0.2, -0.15) is 11.8 Å². The van der Waals surface area contributed by atoms with Crippen LogP contribution in [0.5, 0.6) is 0 Å². The predicted octanol–water partition coefficient (Wildman–Crippen LogP) is -0.00350. The summed E-state index contributed by atoms with van der Waals surface area (Å²) in [4.78, 5) is 22.7. The van der Waals surface area contributed by atoms with Crippen LogP contribution in [0.3, 0.4) is 0 Å². The second-order valence-electron chi connectivity index (χ2n) is 5.60. The van der Waals surface area contributed by atoms with Gasteiger partial charge in [-0.25, -0.2) is 9.97 Å². The summed E-state index contributed by atoms with van der Waals surface area (Å²) in [5, 5.41) is 3.00. The molecule has 3 N–H and O–H groups in total. The summed E-state index contributed by atoms with van der Waals surface area (Å²) in [6, 6.07) is 0. The lowest BCUT2D eigenvalue weighted by Gasteiger charge is -2.43. The lowest BCUT2D eigenvalue weighted by molar-refractivity contribution is -0.0129. The maximum Gasteiger partial charge on any atom is 0.273 e. The van der Waals surface area contributed by atoms with E-state index in [4.69, 9.17) is 10.5 Å². The molecule has 1 aromatic heterocycles. The number of anilines is 1. The van der Waals surface area contributed by atoms with Gasteiger partial charge in [0.15, 0.2) is 11.5 Å². The van der Waals surface area contributed by atoms with Crippen LogP contribution in [-0.4, -0.2) is 70.7 Å². The summed E-state index contributed by atoms with van der Waals surface area (Å²) in [5.41, 5.74) is 5.93. The van der Waals surface area contributed by atoms with Gasteiger partial charge in [-0.15, -0.1) is 0 Å². The molecule has 0 spiro atoms. The van der Waals surface area contributed by atoms with E-state index < -0.39 is 0 Å². The minimum Gasteiger partial charge on any atom is -0.382 e.